The van der Waals surface area contributed by atoms with Gasteiger partial charge in [0.05, 0.1) is 19.3 Å². The molecule has 0 aromatic rings. The molecule has 2 rings (SSSR count). The van der Waals surface area contributed by atoms with Gasteiger partial charge in [-0.1, -0.05) is 0 Å². The first-order valence-electron chi connectivity index (χ1n) is 5.31. The highest BCUT2D eigenvalue weighted by molar-refractivity contribution is 5.77. The predicted octanol–water partition coefficient (Wildman–Crippen LogP) is -0.303. The Hall–Kier alpha value is -0.650. The molecule has 1 atom stereocenters. The van der Waals surface area contributed by atoms with E-state index in [1.54, 1.807) is 0 Å². The van der Waals surface area contributed by atoms with Gasteiger partial charge in [0.2, 0.25) is 0 Å². The summed E-state index contributed by atoms with van der Waals surface area (Å²) in [6.45, 7) is 2.64. The SMILES string of the molecule is COC(=O)C1NCCOC12CCOCC2. The van der Waals surface area contributed by atoms with E-state index in [1.807, 2.05) is 0 Å². The predicted molar refractivity (Wildman–Crippen MR) is 52.5 cm³/mol. The summed E-state index contributed by atoms with van der Waals surface area (Å²) in [5.74, 6) is -0.239. The number of ether oxygens (including phenoxy) is 3. The van der Waals surface area contributed by atoms with Crippen LogP contribution >= 0.6 is 0 Å². The van der Waals surface area contributed by atoms with Gasteiger partial charge in [-0.2, -0.15) is 0 Å². The number of hydrogen-bond acceptors (Lipinski definition) is 5. The Morgan fingerprint density at radius 2 is 2.13 bits per heavy atom. The Kier molecular flexibility index (Phi) is 3.23. The van der Waals surface area contributed by atoms with E-state index < -0.39 is 5.60 Å². The Bertz CT molecular complexity index is 229. The Labute approximate surface area is 89.1 Å². The summed E-state index contributed by atoms with van der Waals surface area (Å²) >= 11 is 0. The molecule has 0 aromatic heterocycles. The molecule has 1 N–H and O–H groups in total. The second kappa shape index (κ2) is 4.47. The maximum Gasteiger partial charge on any atom is 0.325 e. The van der Waals surface area contributed by atoms with Crippen molar-refractivity contribution in [2.75, 3.05) is 33.5 Å². The molecular weight excluding hydrogens is 198 g/mol. The van der Waals surface area contributed by atoms with Crippen molar-refractivity contribution in [2.24, 2.45) is 0 Å². The minimum Gasteiger partial charge on any atom is -0.468 e. The fourth-order valence-electron chi connectivity index (χ4n) is 2.29. The number of nitrogens with one attached hydrogen (secondary N) is 1. The summed E-state index contributed by atoms with van der Waals surface area (Å²) in [6.07, 6.45) is 1.50. The molecule has 0 bridgehead atoms. The van der Waals surface area contributed by atoms with Gasteiger partial charge in [-0.3, -0.25) is 10.1 Å². The Morgan fingerprint density at radius 3 is 2.80 bits per heavy atom. The molecule has 86 valence electrons. The Balaban J connectivity index is 2.13. The fraction of sp³-hybridized carbons (Fsp3) is 0.900. The summed E-state index contributed by atoms with van der Waals surface area (Å²) in [4.78, 5) is 11.6. The largest absolute Gasteiger partial charge is 0.468 e. The minimum absolute atomic E-state index is 0.239. The Morgan fingerprint density at radius 1 is 1.40 bits per heavy atom. The number of methoxy groups -OCH3 is 1. The van der Waals surface area contributed by atoms with Crippen LogP contribution in [0.25, 0.3) is 0 Å². The highest BCUT2D eigenvalue weighted by Gasteiger charge is 2.47. The van der Waals surface area contributed by atoms with Crippen LogP contribution in [0.15, 0.2) is 0 Å². The maximum atomic E-state index is 11.6. The molecule has 0 aromatic carbocycles. The lowest BCUT2D eigenvalue weighted by atomic mass is 9.85. The zero-order chi connectivity index (χ0) is 10.7. The summed E-state index contributed by atoms with van der Waals surface area (Å²) in [7, 11) is 1.41. The van der Waals surface area contributed by atoms with Crippen molar-refractivity contribution >= 4 is 5.97 Å². The lowest BCUT2D eigenvalue weighted by Gasteiger charge is -2.44. The van der Waals surface area contributed by atoms with Crippen molar-refractivity contribution in [1.29, 1.82) is 0 Å². The number of rotatable bonds is 1. The third-order valence-corrected chi connectivity index (χ3v) is 3.14. The van der Waals surface area contributed by atoms with Crippen LogP contribution < -0.4 is 5.32 Å². The summed E-state index contributed by atoms with van der Waals surface area (Å²) in [5.41, 5.74) is -0.413. The van der Waals surface area contributed by atoms with Crippen LogP contribution in [0.2, 0.25) is 0 Å². The standard InChI is InChI=1S/C10H17NO4/c1-13-9(12)8-10(15-7-4-11-8)2-5-14-6-3-10/h8,11H,2-7H2,1H3. The second-order valence-electron chi connectivity index (χ2n) is 3.94. The molecule has 2 heterocycles. The topological polar surface area (TPSA) is 56.8 Å². The molecule has 2 aliphatic rings. The minimum atomic E-state index is -0.413. The average molecular weight is 215 g/mol. The quantitative estimate of drug-likeness (QED) is 0.608. The number of morpholine rings is 1. The van der Waals surface area contributed by atoms with Gasteiger partial charge in [0.1, 0.15) is 6.04 Å². The van der Waals surface area contributed by atoms with Gasteiger partial charge < -0.3 is 14.2 Å². The van der Waals surface area contributed by atoms with Gasteiger partial charge in [-0.25, -0.2) is 0 Å². The van der Waals surface area contributed by atoms with E-state index in [0.717, 1.165) is 12.8 Å². The third-order valence-electron chi connectivity index (χ3n) is 3.14. The first kappa shape index (κ1) is 10.9. The zero-order valence-electron chi connectivity index (χ0n) is 8.95. The van der Waals surface area contributed by atoms with Crippen molar-refractivity contribution in [3.63, 3.8) is 0 Å². The van der Waals surface area contributed by atoms with Crippen molar-refractivity contribution < 1.29 is 19.0 Å². The van der Waals surface area contributed by atoms with Crippen molar-refractivity contribution in [1.82, 2.24) is 5.32 Å². The lowest BCUT2D eigenvalue weighted by Crippen LogP contribution is -2.63. The van der Waals surface area contributed by atoms with Gasteiger partial charge >= 0.3 is 5.97 Å². The van der Waals surface area contributed by atoms with Crippen LogP contribution in [0.4, 0.5) is 0 Å². The average Bonchev–Trinajstić information content (AvgIpc) is 2.30. The third kappa shape index (κ3) is 2.00. The van der Waals surface area contributed by atoms with Crippen LogP contribution in [0.5, 0.6) is 0 Å². The van der Waals surface area contributed by atoms with Gasteiger partial charge in [-0.05, 0) is 0 Å². The first-order chi connectivity index (χ1) is 7.28. The molecule has 2 saturated heterocycles. The number of esters is 1. The molecule has 0 saturated carbocycles. The van der Waals surface area contributed by atoms with Crippen LogP contribution in [-0.4, -0.2) is 51.1 Å². The zero-order valence-corrected chi connectivity index (χ0v) is 8.95. The maximum absolute atomic E-state index is 11.6. The van der Waals surface area contributed by atoms with E-state index in [0.29, 0.717) is 26.4 Å². The summed E-state index contributed by atoms with van der Waals surface area (Å²) in [6, 6.07) is -0.347. The summed E-state index contributed by atoms with van der Waals surface area (Å²) < 4.78 is 15.9. The van der Waals surface area contributed by atoms with Crippen LogP contribution in [0.1, 0.15) is 12.8 Å². The highest BCUT2D eigenvalue weighted by Crippen LogP contribution is 2.31. The molecule has 0 amide bonds. The van der Waals surface area contributed by atoms with E-state index >= 15 is 0 Å². The first-order valence-corrected chi connectivity index (χ1v) is 5.31. The van der Waals surface area contributed by atoms with Crippen LogP contribution in [0.3, 0.4) is 0 Å². The molecule has 15 heavy (non-hydrogen) atoms. The highest BCUT2D eigenvalue weighted by atomic mass is 16.5. The molecule has 0 aliphatic carbocycles. The van der Waals surface area contributed by atoms with E-state index in [-0.39, 0.29) is 12.0 Å². The lowest BCUT2D eigenvalue weighted by molar-refractivity contribution is -0.176. The van der Waals surface area contributed by atoms with Gasteiger partial charge in [-0.15, -0.1) is 0 Å². The second-order valence-corrected chi connectivity index (χ2v) is 3.94. The van der Waals surface area contributed by atoms with E-state index in [4.69, 9.17) is 14.2 Å². The van der Waals surface area contributed by atoms with Gasteiger partial charge in [0, 0.05) is 32.6 Å². The fourth-order valence-corrected chi connectivity index (χ4v) is 2.29. The van der Waals surface area contributed by atoms with E-state index in [1.165, 1.54) is 7.11 Å². The normalized spacial score (nSPS) is 30.1. The molecule has 5 nitrogen and oxygen atoms in total. The molecule has 1 unspecified atom stereocenters. The number of carbonyl (C=O) groups is 1. The van der Waals surface area contributed by atoms with Gasteiger partial charge in [0.25, 0.3) is 0 Å². The van der Waals surface area contributed by atoms with Crippen molar-refractivity contribution in [3.8, 4) is 0 Å². The van der Waals surface area contributed by atoms with Crippen molar-refractivity contribution in [2.45, 2.75) is 24.5 Å². The molecule has 5 heteroatoms. The molecular formula is C10H17NO4. The van der Waals surface area contributed by atoms with Crippen LogP contribution in [0, 0.1) is 0 Å². The monoisotopic (exact) mass is 215 g/mol. The van der Waals surface area contributed by atoms with Gasteiger partial charge in [0.15, 0.2) is 0 Å². The summed E-state index contributed by atoms with van der Waals surface area (Å²) in [5, 5.41) is 3.18. The smallest absolute Gasteiger partial charge is 0.325 e. The van der Waals surface area contributed by atoms with Crippen molar-refractivity contribution in [3.05, 3.63) is 0 Å². The molecule has 2 fully saturated rings. The molecule has 1 spiro atoms. The van der Waals surface area contributed by atoms with Crippen LogP contribution in [-0.2, 0) is 19.0 Å². The number of carbonyl (C=O) groups excluding carboxylic acids is 1. The molecule has 2 aliphatic heterocycles. The van der Waals surface area contributed by atoms with E-state index in [9.17, 15) is 4.79 Å². The van der Waals surface area contributed by atoms with E-state index in [2.05, 4.69) is 5.32 Å². The molecule has 0 radical (unpaired) electrons. The number of hydrogen-bond donors (Lipinski definition) is 1.